The monoisotopic (exact) mass is 433 g/mol. The Morgan fingerprint density at radius 1 is 1.18 bits per heavy atom. The summed E-state index contributed by atoms with van der Waals surface area (Å²) in [4.78, 5) is 4.55. The van der Waals surface area contributed by atoms with Crippen molar-refractivity contribution in [2.24, 2.45) is 22.7 Å². The number of alkyl halides is 3. The van der Waals surface area contributed by atoms with Gasteiger partial charge in [0, 0.05) is 19.1 Å². The Balaban J connectivity index is 0.00000242. The van der Waals surface area contributed by atoms with E-state index >= 15 is 0 Å². The van der Waals surface area contributed by atoms with Crippen molar-refractivity contribution >= 4 is 29.9 Å². The maximum absolute atomic E-state index is 12.6. The molecular formula is C15H27F3IN3. The number of nitrogens with zero attached hydrogens (tertiary/aromatic N) is 1. The van der Waals surface area contributed by atoms with Crippen LogP contribution in [0, 0.1) is 17.8 Å². The highest BCUT2D eigenvalue weighted by atomic mass is 127. The van der Waals surface area contributed by atoms with Crippen LogP contribution in [0.15, 0.2) is 4.99 Å². The van der Waals surface area contributed by atoms with E-state index in [2.05, 4.69) is 22.5 Å². The average Bonchev–Trinajstić information content (AvgIpc) is 3.11. The Bertz CT molecular complexity index is 366. The van der Waals surface area contributed by atoms with Crippen LogP contribution in [0.2, 0.25) is 0 Å². The molecule has 7 heteroatoms. The molecule has 0 aromatic heterocycles. The normalized spacial score (nSPS) is 32.1. The predicted molar refractivity (Wildman–Crippen MR) is 93.6 cm³/mol. The van der Waals surface area contributed by atoms with Crippen LogP contribution in [0.25, 0.3) is 0 Å². The summed E-state index contributed by atoms with van der Waals surface area (Å²) in [5.41, 5.74) is 0. The summed E-state index contributed by atoms with van der Waals surface area (Å²) in [7, 11) is 0. The van der Waals surface area contributed by atoms with E-state index in [9.17, 15) is 13.2 Å². The van der Waals surface area contributed by atoms with Gasteiger partial charge in [-0.05, 0) is 50.9 Å². The number of hydrogen-bond donors (Lipinski definition) is 2. The van der Waals surface area contributed by atoms with Crippen LogP contribution in [0.4, 0.5) is 13.2 Å². The van der Waals surface area contributed by atoms with Gasteiger partial charge in [0.2, 0.25) is 0 Å². The molecule has 0 aromatic carbocycles. The fourth-order valence-electron chi connectivity index (χ4n) is 2.91. The van der Waals surface area contributed by atoms with Crippen LogP contribution in [0.5, 0.6) is 0 Å². The van der Waals surface area contributed by atoms with E-state index < -0.39 is 12.1 Å². The molecule has 0 amide bonds. The summed E-state index contributed by atoms with van der Waals surface area (Å²) >= 11 is 0. The maximum Gasteiger partial charge on any atom is 0.391 e. The Morgan fingerprint density at radius 2 is 1.77 bits per heavy atom. The molecule has 2 atom stereocenters. The summed E-state index contributed by atoms with van der Waals surface area (Å²) in [6, 6.07) is 0.503. The SMILES string of the molecule is CCNC(=NCC1CCC(C(F)(F)F)CC1)NC1CC1C.I. The highest BCUT2D eigenvalue weighted by Gasteiger charge is 2.41. The van der Waals surface area contributed by atoms with E-state index in [1.54, 1.807) is 0 Å². The highest BCUT2D eigenvalue weighted by molar-refractivity contribution is 14.0. The quantitative estimate of drug-likeness (QED) is 0.401. The number of hydrogen-bond acceptors (Lipinski definition) is 1. The molecule has 0 spiro atoms. The molecule has 2 saturated carbocycles. The minimum absolute atomic E-state index is 0. The first-order valence-corrected chi connectivity index (χ1v) is 8.01. The van der Waals surface area contributed by atoms with E-state index in [1.165, 1.54) is 6.42 Å². The van der Waals surface area contributed by atoms with Crippen LogP contribution in [0.1, 0.15) is 46.0 Å². The smallest absolute Gasteiger partial charge is 0.357 e. The van der Waals surface area contributed by atoms with Gasteiger partial charge in [0.1, 0.15) is 0 Å². The van der Waals surface area contributed by atoms with Crippen LogP contribution in [0.3, 0.4) is 0 Å². The van der Waals surface area contributed by atoms with E-state index in [0.29, 0.717) is 31.3 Å². The topological polar surface area (TPSA) is 36.4 Å². The van der Waals surface area contributed by atoms with Crippen molar-refractivity contribution in [3.8, 4) is 0 Å². The third-order valence-electron chi connectivity index (χ3n) is 4.59. The van der Waals surface area contributed by atoms with Gasteiger partial charge >= 0.3 is 6.18 Å². The molecule has 2 unspecified atom stereocenters. The third kappa shape index (κ3) is 6.12. The zero-order valence-corrected chi connectivity index (χ0v) is 15.6. The Kier molecular flexibility index (Phi) is 7.74. The minimum atomic E-state index is -4.02. The first-order valence-electron chi connectivity index (χ1n) is 8.01. The van der Waals surface area contributed by atoms with E-state index in [4.69, 9.17) is 0 Å². The number of halogens is 4. The minimum Gasteiger partial charge on any atom is -0.357 e. The van der Waals surface area contributed by atoms with E-state index in [-0.39, 0.29) is 42.7 Å². The lowest BCUT2D eigenvalue weighted by Gasteiger charge is -2.29. The Hall–Kier alpha value is -0.210. The fourth-order valence-corrected chi connectivity index (χ4v) is 2.91. The summed E-state index contributed by atoms with van der Waals surface area (Å²) < 4.78 is 37.9. The first-order chi connectivity index (χ1) is 9.90. The predicted octanol–water partition coefficient (Wildman–Crippen LogP) is 3.94. The van der Waals surface area contributed by atoms with Gasteiger partial charge in [-0.15, -0.1) is 24.0 Å². The molecular weight excluding hydrogens is 406 g/mol. The van der Waals surface area contributed by atoms with Crippen molar-refractivity contribution in [2.75, 3.05) is 13.1 Å². The second-order valence-corrected chi connectivity index (χ2v) is 6.44. The molecule has 0 heterocycles. The van der Waals surface area contributed by atoms with Crippen LogP contribution in [-0.2, 0) is 0 Å². The van der Waals surface area contributed by atoms with Gasteiger partial charge in [0.15, 0.2) is 5.96 Å². The van der Waals surface area contributed by atoms with Gasteiger partial charge < -0.3 is 10.6 Å². The number of guanidine groups is 1. The number of rotatable bonds is 4. The summed E-state index contributed by atoms with van der Waals surface area (Å²) in [5, 5.41) is 6.58. The van der Waals surface area contributed by atoms with Crippen molar-refractivity contribution in [1.82, 2.24) is 10.6 Å². The molecule has 2 aliphatic carbocycles. The van der Waals surface area contributed by atoms with Crippen LogP contribution >= 0.6 is 24.0 Å². The van der Waals surface area contributed by atoms with Crippen molar-refractivity contribution in [2.45, 2.75) is 58.2 Å². The zero-order chi connectivity index (χ0) is 15.5. The Labute approximate surface area is 147 Å². The summed E-state index contributed by atoms with van der Waals surface area (Å²) in [6.07, 6.45) is -1.08. The maximum atomic E-state index is 12.6. The van der Waals surface area contributed by atoms with E-state index in [0.717, 1.165) is 12.5 Å². The van der Waals surface area contributed by atoms with Crippen LogP contribution < -0.4 is 10.6 Å². The molecule has 22 heavy (non-hydrogen) atoms. The standard InChI is InChI=1S/C15H26F3N3.HI/c1-3-19-14(21-13-8-10(13)2)20-9-11-4-6-12(7-5-11)15(16,17)18;/h10-13H,3-9H2,1-2H3,(H2,19,20,21);1H. The van der Waals surface area contributed by atoms with Gasteiger partial charge in [0.05, 0.1) is 5.92 Å². The molecule has 0 radical (unpaired) electrons. The molecule has 2 rings (SSSR count). The van der Waals surface area contributed by atoms with Crippen molar-refractivity contribution in [1.29, 1.82) is 0 Å². The summed E-state index contributed by atoms with van der Waals surface area (Å²) in [6.45, 7) is 5.64. The largest absolute Gasteiger partial charge is 0.391 e. The molecule has 2 aliphatic rings. The lowest BCUT2D eigenvalue weighted by atomic mass is 9.82. The molecule has 130 valence electrons. The second-order valence-electron chi connectivity index (χ2n) is 6.44. The van der Waals surface area contributed by atoms with Crippen molar-refractivity contribution in [3.63, 3.8) is 0 Å². The molecule has 3 nitrogen and oxygen atoms in total. The molecule has 0 saturated heterocycles. The summed E-state index contributed by atoms with van der Waals surface area (Å²) in [5.74, 6) is 0.688. The molecule has 0 aromatic rings. The molecule has 2 fully saturated rings. The van der Waals surface area contributed by atoms with Crippen molar-refractivity contribution in [3.05, 3.63) is 0 Å². The second kappa shape index (κ2) is 8.59. The van der Waals surface area contributed by atoms with E-state index in [1.807, 2.05) is 6.92 Å². The van der Waals surface area contributed by atoms with Gasteiger partial charge in [-0.2, -0.15) is 13.2 Å². The third-order valence-corrected chi connectivity index (χ3v) is 4.59. The van der Waals surface area contributed by atoms with Gasteiger partial charge in [-0.25, -0.2) is 0 Å². The van der Waals surface area contributed by atoms with Gasteiger partial charge in [-0.3, -0.25) is 4.99 Å². The molecule has 0 aliphatic heterocycles. The van der Waals surface area contributed by atoms with Gasteiger partial charge in [-0.1, -0.05) is 6.92 Å². The molecule has 2 N–H and O–H groups in total. The lowest BCUT2D eigenvalue weighted by molar-refractivity contribution is -0.183. The number of aliphatic imine (C=N–C) groups is 1. The van der Waals surface area contributed by atoms with Gasteiger partial charge in [0.25, 0.3) is 0 Å². The first kappa shape index (κ1) is 19.8. The Morgan fingerprint density at radius 3 is 2.23 bits per heavy atom. The molecule has 0 bridgehead atoms. The van der Waals surface area contributed by atoms with Crippen LogP contribution in [-0.4, -0.2) is 31.3 Å². The zero-order valence-electron chi connectivity index (χ0n) is 13.2. The average molecular weight is 433 g/mol. The number of nitrogens with one attached hydrogen (secondary N) is 2. The van der Waals surface area contributed by atoms with Crippen molar-refractivity contribution < 1.29 is 13.2 Å². The lowest BCUT2D eigenvalue weighted by Crippen LogP contribution is -2.39. The highest BCUT2D eigenvalue weighted by Crippen LogP contribution is 2.39. The fraction of sp³-hybridized carbons (Fsp3) is 0.933.